The summed E-state index contributed by atoms with van der Waals surface area (Å²) < 4.78 is 16.1. The Labute approximate surface area is 175 Å². The van der Waals surface area contributed by atoms with Crippen LogP contribution in [0.25, 0.3) is 22.6 Å². The van der Waals surface area contributed by atoms with Gasteiger partial charge in [0, 0.05) is 25.0 Å². The number of nitrogens with one attached hydrogen (secondary N) is 1. The zero-order valence-corrected chi connectivity index (χ0v) is 17.1. The molecule has 154 valence electrons. The molecular weight excluding hydrogens is 406 g/mol. The SMILES string of the molecule is Cc1noc2nc(-c3ccco3)cc(C(=O)Nc3nc(CN4CCOCC4)cs3)c12. The van der Waals surface area contributed by atoms with Crippen LogP contribution in [0.3, 0.4) is 0 Å². The molecule has 0 unspecified atom stereocenters. The smallest absolute Gasteiger partial charge is 0.259 e. The summed E-state index contributed by atoms with van der Waals surface area (Å²) in [6.07, 6.45) is 1.55. The van der Waals surface area contributed by atoms with Crippen molar-refractivity contribution in [1.29, 1.82) is 0 Å². The van der Waals surface area contributed by atoms with Crippen molar-refractivity contribution < 1.29 is 18.5 Å². The number of carbonyl (C=O) groups is 1. The highest BCUT2D eigenvalue weighted by Gasteiger charge is 2.21. The van der Waals surface area contributed by atoms with E-state index < -0.39 is 0 Å². The van der Waals surface area contributed by atoms with Crippen LogP contribution in [0.2, 0.25) is 0 Å². The summed E-state index contributed by atoms with van der Waals surface area (Å²) >= 11 is 1.40. The Balaban J connectivity index is 1.40. The van der Waals surface area contributed by atoms with Crippen LogP contribution in [0.5, 0.6) is 0 Å². The quantitative estimate of drug-likeness (QED) is 0.519. The highest BCUT2D eigenvalue weighted by atomic mass is 32.1. The third-order valence-electron chi connectivity index (χ3n) is 4.90. The van der Waals surface area contributed by atoms with E-state index in [0.717, 1.165) is 38.5 Å². The second-order valence-corrected chi connectivity index (χ2v) is 7.83. The lowest BCUT2D eigenvalue weighted by molar-refractivity contribution is 0.0337. The Bertz CT molecular complexity index is 1180. The first-order chi connectivity index (χ1) is 14.7. The van der Waals surface area contributed by atoms with Gasteiger partial charge in [0.25, 0.3) is 11.6 Å². The van der Waals surface area contributed by atoms with E-state index in [4.69, 9.17) is 13.7 Å². The summed E-state index contributed by atoms with van der Waals surface area (Å²) in [4.78, 5) is 24.4. The molecule has 9 nitrogen and oxygen atoms in total. The number of carbonyl (C=O) groups excluding carboxylic acids is 1. The largest absolute Gasteiger partial charge is 0.463 e. The molecule has 0 bridgehead atoms. The molecule has 4 aromatic heterocycles. The third kappa shape index (κ3) is 3.72. The first-order valence-corrected chi connectivity index (χ1v) is 10.4. The maximum atomic E-state index is 13.1. The van der Waals surface area contributed by atoms with E-state index in [9.17, 15) is 4.79 Å². The van der Waals surface area contributed by atoms with Crippen molar-refractivity contribution in [2.75, 3.05) is 31.6 Å². The number of morpholine rings is 1. The van der Waals surface area contributed by atoms with E-state index in [0.29, 0.717) is 38.9 Å². The first-order valence-electron chi connectivity index (χ1n) is 9.54. The monoisotopic (exact) mass is 425 g/mol. The molecule has 0 aliphatic carbocycles. The lowest BCUT2D eigenvalue weighted by Crippen LogP contribution is -2.35. The number of furan rings is 1. The summed E-state index contributed by atoms with van der Waals surface area (Å²) in [7, 11) is 0. The van der Waals surface area contributed by atoms with E-state index >= 15 is 0 Å². The average Bonchev–Trinajstić information content (AvgIpc) is 3.51. The number of rotatable bonds is 5. The molecule has 0 spiro atoms. The lowest BCUT2D eigenvalue weighted by Gasteiger charge is -2.25. The highest BCUT2D eigenvalue weighted by molar-refractivity contribution is 7.14. The summed E-state index contributed by atoms with van der Waals surface area (Å²) in [5.74, 6) is 0.246. The van der Waals surface area contributed by atoms with Gasteiger partial charge >= 0.3 is 0 Å². The molecule has 0 saturated carbocycles. The first kappa shape index (κ1) is 18.9. The predicted octanol–water partition coefficient (Wildman–Crippen LogP) is 3.33. The number of hydrogen-bond acceptors (Lipinski definition) is 9. The van der Waals surface area contributed by atoms with Gasteiger partial charge in [0.15, 0.2) is 10.9 Å². The van der Waals surface area contributed by atoms with Crippen molar-refractivity contribution in [2.24, 2.45) is 0 Å². The van der Waals surface area contributed by atoms with E-state index in [1.54, 1.807) is 31.4 Å². The molecule has 5 heterocycles. The molecule has 0 radical (unpaired) electrons. The van der Waals surface area contributed by atoms with Gasteiger partial charge in [-0.15, -0.1) is 11.3 Å². The fourth-order valence-corrected chi connectivity index (χ4v) is 4.11. The number of ether oxygens (including phenoxy) is 1. The zero-order valence-electron chi connectivity index (χ0n) is 16.3. The molecular formula is C20H19N5O4S. The number of pyridine rings is 1. The number of fused-ring (bicyclic) bond motifs is 1. The van der Waals surface area contributed by atoms with Crippen molar-refractivity contribution in [1.82, 2.24) is 20.0 Å². The minimum absolute atomic E-state index is 0.290. The molecule has 1 fully saturated rings. The Morgan fingerprint density at radius 2 is 2.17 bits per heavy atom. The van der Waals surface area contributed by atoms with Gasteiger partial charge in [-0.1, -0.05) is 5.16 Å². The van der Waals surface area contributed by atoms with Gasteiger partial charge in [0.05, 0.1) is 41.8 Å². The molecule has 5 rings (SSSR count). The number of nitrogens with zero attached hydrogens (tertiary/aromatic N) is 4. The number of hydrogen-bond donors (Lipinski definition) is 1. The highest BCUT2D eigenvalue weighted by Crippen LogP contribution is 2.28. The molecule has 1 aliphatic rings. The Hall–Kier alpha value is -3.08. The fraction of sp³-hybridized carbons (Fsp3) is 0.300. The Morgan fingerprint density at radius 3 is 2.97 bits per heavy atom. The van der Waals surface area contributed by atoms with Crippen molar-refractivity contribution in [3.05, 3.63) is 46.8 Å². The normalized spacial score (nSPS) is 15.0. The molecule has 1 amide bonds. The summed E-state index contributed by atoms with van der Waals surface area (Å²) in [5, 5.41) is 9.94. The summed E-state index contributed by atoms with van der Waals surface area (Å²) in [5.41, 5.74) is 2.73. The van der Waals surface area contributed by atoms with Crippen molar-refractivity contribution >= 4 is 33.5 Å². The molecule has 4 aromatic rings. The summed E-state index contributed by atoms with van der Waals surface area (Å²) in [6, 6.07) is 5.22. The van der Waals surface area contributed by atoms with Crippen molar-refractivity contribution in [2.45, 2.75) is 13.5 Å². The van der Waals surface area contributed by atoms with Gasteiger partial charge in [-0.2, -0.15) is 0 Å². The molecule has 1 saturated heterocycles. The second-order valence-electron chi connectivity index (χ2n) is 6.97. The number of anilines is 1. The van der Waals surface area contributed by atoms with E-state index in [1.165, 1.54) is 11.3 Å². The van der Waals surface area contributed by atoms with Crippen LogP contribution >= 0.6 is 11.3 Å². The van der Waals surface area contributed by atoms with Crippen molar-refractivity contribution in [3.63, 3.8) is 0 Å². The van der Waals surface area contributed by atoms with Crippen LogP contribution in [-0.4, -0.2) is 52.2 Å². The Morgan fingerprint density at radius 1 is 1.30 bits per heavy atom. The van der Waals surface area contributed by atoms with E-state index in [2.05, 4.69) is 25.3 Å². The fourth-order valence-electron chi connectivity index (χ4n) is 3.41. The van der Waals surface area contributed by atoms with Gasteiger partial charge in [0.2, 0.25) is 0 Å². The minimum Gasteiger partial charge on any atom is -0.463 e. The van der Waals surface area contributed by atoms with Gasteiger partial charge in [-0.25, -0.2) is 9.97 Å². The third-order valence-corrected chi connectivity index (χ3v) is 5.70. The van der Waals surface area contributed by atoms with Crippen LogP contribution in [0.4, 0.5) is 5.13 Å². The van der Waals surface area contributed by atoms with Crippen LogP contribution in [0.1, 0.15) is 21.7 Å². The Kier molecular flexibility index (Phi) is 5.03. The van der Waals surface area contributed by atoms with Crippen molar-refractivity contribution in [3.8, 4) is 11.5 Å². The maximum Gasteiger partial charge on any atom is 0.259 e. The summed E-state index contributed by atoms with van der Waals surface area (Å²) in [6.45, 7) is 5.76. The maximum absolute atomic E-state index is 13.1. The molecule has 0 aromatic carbocycles. The zero-order chi connectivity index (χ0) is 20.5. The lowest BCUT2D eigenvalue weighted by atomic mass is 10.1. The molecule has 1 N–H and O–H groups in total. The van der Waals surface area contributed by atoms with Gasteiger partial charge in [-0.05, 0) is 25.1 Å². The standard InChI is InChI=1S/C20H19N5O4S/c1-12-17-14(9-15(16-3-2-6-28-16)22-19(17)29-24-12)18(26)23-20-21-13(11-30-20)10-25-4-7-27-8-5-25/h2-3,6,9,11H,4-5,7-8,10H2,1H3,(H,21,23,26). The van der Waals surface area contributed by atoms with Gasteiger partial charge in [-0.3, -0.25) is 15.0 Å². The predicted molar refractivity (Wildman–Crippen MR) is 110 cm³/mol. The molecule has 0 atom stereocenters. The number of amides is 1. The molecule has 10 heteroatoms. The van der Waals surface area contributed by atoms with Gasteiger partial charge < -0.3 is 13.7 Å². The van der Waals surface area contributed by atoms with E-state index in [-0.39, 0.29) is 5.91 Å². The molecule has 30 heavy (non-hydrogen) atoms. The topological polar surface area (TPSA) is 107 Å². The van der Waals surface area contributed by atoms with Crippen LogP contribution in [-0.2, 0) is 11.3 Å². The van der Waals surface area contributed by atoms with Crippen LogP contribution in [0.15, 0.2) is 38.8 Å². The number of thiazole rings is 1. The van der Waals surface area contributed by atoms with E-state index in [1.807, 2.05) is 5.38 Å². The average molecular weight is 425 g/mol. The van der Waals surface area contributed by atoms with Gasteiger partial charge in [0.1, 0.15) is 5.69 Å². The minimum atomic E-state index is -0.297. The van der Waals surface area contributed by atoms with Crippen LogP contribution in [0, 0.1) is 6.92 Å². The van der Waals surface area contributed by atoms with Crippen LogP contribution < -0.4 is 5.32 Å². The second kappa shape index (κ2) is 7.98. The number of aromatic nitrogens is 3. The number of aryl methyl sites for hydroxylation is 1. The molecule has 1 aliphatic heterocycles.